The van der Waals surface area contributed by atoms with Crippen molar-refractivity contribution >= 4 is 17.5 Å². The van der Waals surface area contributed by atoms with Gasteiger partial charge in [-0.15, -0.1) is 0 Å². The summed E-state index contributed by atoms with van der Waals surface area (Å²) in [6.45, 7) is 1.46. The molecule has 1 N–H and O–H groups in total. The van der Waals surface area contributed by atoms with Gasteiger partial charge in [0.2, 0.25) is 5.91 Å². The molecule has 1 atom stereocenters. The number of aromatic nitrogens is 2. The maximum Gasteiger partial charge on any atom is 0.335 e. The van der Waals surface area contributed by atoms with Crippen molar-refractivity contribution in [2.24, 2.45) is 5.92 Å². The van der Waals surface area contributed by atoms with E-state index < -0.39 is 5.97 Å². The molecular weight excluding hydrogens is 342 g/mol. The quantitative estimate of drug-likeness (QED) is 0.756. The number of carbonyl (C=O) groups excluding carboxylic acids is 1. The molecule has 0 unspecified atom stereocenters. The van der Waals surface area contributed by atoms with Crippen LogP contribution in [0.3, 0.4) is 0 Å². The van der Waals surface area contributed by atoms with E-state index in [9.17, 15) is 9.59 Å². The number of rotatable bonds is 5. The van der Waals surface area contributed by atoms with Gasteiger partial charge in [0.15, 0.2) is 0 Å². The highest BCUT2D eigenvalue weighted by Gasteiger charge is 2.27. The van der Waals surface area contributed by atoms with E-state index in [4.69, 9.17) is 5.11 Å². The smallest absolute Gasteiger partial charge is 0.335 e. The van der Waals surface area contributed by atoms with E-state index in [1.807, 2.05) is 39.8 Å². The highest BCUT2D eigenvalue weighted by molar-refractivity contribution is 5.87. The summed E-state index contributed by atoms with van der Waals surface area (Å²) in [6, 6.07) is 12.8. The van der Waals surface area contributed by atoms with Gasteiger partial charge in [0, 0.05) is 25.5 Å². The lowest BCUT2D eigenvalue weighted by Crippen LogP contribution is -2.30. The maximum absolute atomic E-state index is 12.7. The molecule has 0 radical (unpaired) electrons. The average Bonchev–Trinajstić information content (AvgIpc) is 3.29. The van der Waals surface area contributed by atoms with Crippen LogP contribution in [0.2, 0.25) is 0 Å². The minimum Gasteiger partial charge on any atom is -0.478 e. The molecule has 6 heteroatoms. The second-order valence-corrected chi connectivity index (χ2v) is 7.06. The van der Waals surface area contributed by atoms with E-state index in [-0.39, 0.29) is 5.91 Å². The molecule has 0 spiro atoms. The summed E-state index contributed by atoms with van der Waals surface area (Å²) >= 11 is 0. The fraction of sp³-hybridized carbons (Fsp3) is 0.286. The van der Waals surface area contributed by atoms with Crippen LogP contribution in [0.25, 0.3) is 5.65 Å². The SMILES string of the molecule is O=C(O)c1cccc(C[C@@H]2CCN(C(=O)Cc3cnc4ccccn34)C2)c1. The Labute approximate surface area is 157 Å². The van der Waals surface area contributed by atoms with Crippen LogP contribution in [0.4, 0.5) is 0 Å². The van der Waals surface area contributed by atoms with Gasteiger partial charge < -0.3 is 14.4 Å². The van der Waals surface area contributed by atoms with Crippen LogP contribution in [0.5, 0.6) is 0 Å². The lowest BCUT2D eigenvalue weighted by molar-refractivity contribution is -0.129. The third-order valence-electron chi connectivity index (χ3n) is 5.16. The molecule has 1 fully saturated rings. The summed E-state index contributed by atoms with van der Waals surface area (Å²) in [5.74, 6) is -0.435. The number of carboxylic acid groups (broad SMARTS) is 1. The van der Waals surface area contributed by atoms with Gasteiger partial charge in [0.25, 0.3) is 0 Å². The van der Waals surface area contributed by atoms with Crippen molar-refractivity contribution in [2.45, 2.75) is 19.3 Å². The number of pyridine rings is 1. The minimum absolute atomic E-state index is 0.113. The fourth-order valence-electron chi connectivity index (χ4n) is 3.77. The Morgan fingerprint density at radius 3 is 2.93 bits per heavy atom. The van der Waals surface area contributed by atoms with Crippen molar-refractivity contribution in [2.75, 3.05) is 13.1 Å². The molecule has 0 saturated carbocycles. The number of imidazole rings is 1. The van der Waals surface area contributed by atoms with Gasteiger partial charge in [0.1, 0.15) is 5.65 Å². The zero-order valence-electron chi connectivity index (χ0n) is 14.9. The van der Waals surface area contributed by atoms with Crippen molar-refractivity contribution < 1.29 is 14.7 Å². The molecule has 1 saturated heterocycles. The molecule has 27 heavy (non-hydrogen) atoms. The number of amides is 1. The number of benzene rings is 1. The first-order valence-corrected chi connectivity index (χ1v) is 9.11. The summed E-state index contributed by atoms with van der Waals surface area (Å²) in [5.41, 5.74) is 3.06. The van der Waals surface area contributed by atoms with Crippen LogP contribution < -0.4 is 0 Å². The van der Waals surface area contributed by atoms with Crippen molar-refractivity contribution in [3.63, 3.8) is 0 Å². The van der Waals surface area contributed by atoms with Crippen LogP contribution in [-0.4, -0.2) is 44.4 Å². The fourth-order valence-corrected chi connectivity index (χ4v) is 3.77. The van der Waals surface area contributed by atoms with Gasteiger partial charge >= 0.3 is 5.97 Å². The lowest BCUT2D eigenvalue weighted by atomic mass is 9.97. The number of nitrogens with zero attached hydrogens (tertiary/aromatic N) is 3. The maximum atomic E-state index is 12.7. The summed E-state index contributed by atoms with van der Waals surface area (Å²) in [7, 11) is 0. The third kappa shape index (κ3) is 3.69. The zero-order valence-corrected chi connectivity index (χ0v) is 14.9. The predicted molar refractivity (Wildman–Crippen MR) is 101 cm³/mol. The van der Waals surface area contributed by atoms with E-state index in [2.05, 4.69) is 4.98 Å². The second kappa shape index (κ2) is 7.23. The van der Waals surface area contributed by atoms with Crippen molar-refractivity contribution in [1.29, 1.82) is 0 Å². The first-order chi connectivity index (χ1) is 13.1. The molecule has 1 aliphatic rings. The van der Waals surface area contributed by atoms with E-state index >= 15 is 0 Å². The van der Waals surface area contributed by atoms with Crippen LogP contribution in [-0.2, 0) is 17.6 Å². The first kappa shape index (κ1) is 17.3. The van der Waals surface area contributed by atoms with Gasteiger partial charge in [0.05, 0.1) is 17.7 Å². The molecule has 1 aromatic carbocycles. The van der Waals surface area contributed by atoms with Crippen molar-refractivity contribution in [3.05, 3.63) is 71.7 Å². The highest BCUT2D eigenvalue weighted by atomic mass is 16.4. The third-order valence-corrected chi connectivity index (χ3v) is 5.16. The highest BCUT2D eigenvalue weighted by Crippen LogP contribution is 2.22. The minimum atomic E-state index is -0.909. The van der Waals surface area contributed by atoms with Gasteiger partial charge in [-0.3, -0.25) is 4.79 Å². The molecule has 6 nitrogen and oxygen atoms in total. The number of fused-ring (bicyclic) bond motifs is 1. The van der Waals surface area contributed by atoms with E-state index in [0.717, 1.165) is 36.3 Å². The Bertz CT molecular complexity index is 995. The lowest BCUT2D eigenvalue weighted by Gasteiger charge is -2.16. The number of aromatic carboxylic acids is 1. The van der Waals surface area contributed by atoms with Crippen LogP contribution in [0.15, 0.2) is 54.9 Å². The van der Waals surface area contributed by atoms with Gasteiger partial charge in [-0.2, -0.15) is 0 Å². The molecule has 3 aromatic rings. The molecule has 3 heterocycles. The topological polar surface area (TPSA) is 74.9 Å². The Balaban J connectivity index is 1.38. The normalized spacial score (nSPS) is 16.7. The number of carboxylic acids is 1. The standard InChI is InChI=1S/C21H21N3O3/c25-20(12-18-13-22-19-6-1-2-8-24(18)19)23-9-7-16(14-23)10-15-4-3-5-17(11-15)21(26)27/h1-6,8,11,13,16H,7,9-10,12,14H2,(H,26,27)/t16-/m0/s1. The largest absolute Gasteiger partial charge is 0.478 e. The Hall–Kier alpha value is -3.15. The molecule has 0 aliphatic carbocycles. The number of carbonyl (C=O) groups is 2. The van der Waals surface area contributed by atoms with Gasteiger partial charge in [-0.1, -0.05) is 18.2 Å². The predicted octanol–water partition coefficient (Wildman–Crippen LogP) is 2.67. The van der Waals surface area contributed by atoms with E-state index in [1.54, 1.807) is 24.4 Å². The second-order valence-electron chi connectivity index (χ2n) is 7.06. The van der Waals surface area contributed by atoms with Crippen LogP contribution in [0, 0.1) is 5.92 Å². The monoisotopic (exact) mass is 363 g/mol. The molecule has 4 rings (SSSR count). The molecule has 0 bridgehead atoms. The van der Waals surface area contributed by atoms with E-state index in [1.165, 1.54) is 0 Å². The Morgan fingerprint density at radius 2 is 2.07 bits per heavy atom. The Morgan fingerprint density at radius 1 is 1.19 bits per heavy atom. The summed E-state index contributed by atoms with van der Waals surface area (Å²) in [4.78, 5) is 30.1. The molecular formula is C21H21N3O3. The number of hydrogen-bond donors (Lipinski definition) is 1. The van der Waals surface area contributed by atoms with Crippen molar-refractivity contribution in [1.82, 2.24) is 14.3 Å². The molecule has 2 aromatic heterocycles. The molecule has 138 valence electrons. The molecule has 1 amide bonds. The summed E-state index contributed by atoms with van der Waals surface area (Å²) in [5, 5.41) is 9.12. The number of hydrogen-bond acceptors (Lipinski definition) is 3. The van der Waals surface area contributed by atoms with Gasteiger partial charge in [-0.05, 0) is 48.6 Å². The van der Waals surface area contributed by atoms with Crippen LogP contribution >= 0.6 is 0 Å². The summed E-state index contributed by atoms with van der Waals surface area (Å²) in [6.07, 6.45) is 5.76. The van der Waals surface area contributed by atoms with Crippen molar-refractivity contribution in [3.8, 4) is 0 Å². The number of likely N-dealkylation sites (tertiary alicyclic amines) is 1. The van der Waals surface area contributed by atoms with E-state index in [0.29, 0.717) is 24.4 Å². The average molecular weight is 363 g/mol. The summed E-state index contributed by atoms with van der Waals surface area (Å²) < 4.78 is 1.95. The zero-order chi connectivity index (χ0) is 18.8. The molecule has 1 aliphatic heterocycles. The van der Waals surface area contributed by atoms with Crippen LogP contribution in [0.1, 0.15) is 28.0 Å². The van der Waals surface area contributed by atoms with Gasteiger partial charge in [-0.25, -0.2) is 9.78 Å². The first-order valence-electron chi connectivity index (χ1n) is 9.11. The Kier molecular flexibility index (Phi) is 4.62.